The van der Waals surface area contributed by atoms with E-state index >= 15 is 0 Å². The van der Waals surface area contributed by atoms with Gasteiger partial charge in [-0.1, -0.05) is 23.2 Å². The number of benzene rings is 1. The highest BCUT2D eigenvalue weighted by atomic mass is 35.5. The van der Waals surface area contributed by atoms with Gasteiger partial charge in [0.2, 0.25) is 5.91 Å². The van der Waals surface area contributed by atoms with Crippen LogP contribution in [0.15, 0.2) is 12.1 Å². The van der Waals surface area contributed by atoms with Crippen molar-refractivity contribution in [2.45, 2.75) is 6.42 Å². The SMILES string of the molecule is CN1CCCN(C(=O)c2cc(N)cc(Cl)c2Cl)CC1=O. The molecule has 0 atom stereocenters. The van der Waals surface area contributed by atoms with Gasteiger partial charge in [-0.05, 0) is 18.6 Å². The topological polar surface area (TPSA) is 66.6 Å². The Morgan fingerprint density at radius 3 is 2.70 bits per heavy atom. The highest BCUT2D eigenvalue weighted by Crippen LogP contribution is 2.29. The van der Waals surface area contributed by atoms with E-state index in [9.17, 15) is 9.59 Å². The summed E-state index contributed by atoms with van der Waals surface area (Å²) < 4.78 is 0. The van der Waals surface area contributed by atoms with Gasteiger partial charge >= 0.3 is 0 Å². The van der Waals surface area contributed by atoms with Crippen LogP contribution in [0.3, 0.4) is 0 Å². The van der Waals surface area contributed by atoms with Crippen LogP contribution in [0.5, 0.6) is 0 Å². The molecule has 0 unspecified atom stereocenters. The fraction of sp³-hybridized carbons (Fsp3) is 0.385. The molecule has 5 nitrogen and oxygen atoms in total. The van der Waals surface area contributed by atoms with Gasteiger partial charge in [-0.3, -0.25) is 9.59 Å². The van der Waals surface area contributed by atoms with Crippen molar-refractivity contribution >= 4 is 40.7 Å². The molecule has 7 heteroatoms. The van der Waals surface area contributed by atoms with Crippen molar-refractivity contribution < 1.29 is 9.59 Å². The number of hydrogen-bond acceptors (Lipinski definition) is 3. The monoisotopic (exact) mass is 315 g/mol. The second-order valence-corrected chi connectivity index (χ2v) is 5.54. The Kier molecular flexibility index (Phi) is 4.40. The van der Waals surface area contributed by atoms with E-state index in [4.69, 9.17) is 28.9 Å². The van der Waals surface area contributed by atoms with Crippen molar-refractivity contribution in [3.63, 3.8) is 0 Å². The summed E-state index contributed by atoms with van der Waals surface area (Å²) in [5, 5.41) is 0.393. The first-order valence-electron chi connectivity index (χ1n) is 6.18. The number of carbonyl (C=O) groups is 2. The van der Waals surface area contributed by atoms with Crippen LogP contribution in [-0.2, 0) is 4.79 Å². The second kappa shape index (κ2) is 5.89. The summed E-state index contributed by atoms with van der Waals surface area (Å²) in [7, 11) is 1.72. The molecular formula is C13H15Cl2N3O2. The number of amides is 2. The highest BCUT2D eigenvalue weighted by molar-refractivity contribution is 6.44. The maximum atomic E-state index is 12.5. The summed E-state index contributed by atoms with van der Waals surface area (Å²) in [4.78, 5) is 27.4. The van der Waals surface area contributed by atoms with Crippen LogP contribution in [0.1, 0.15) is 16.8 Å². The van der Waals surface area contributed by atoms with Gasteiger partial charge in [0.1, 0.15) is 6.54 Å². The van der Waals surface area contributed by atoms with E-state index in [0.29, 0.717) is 18.8 Å². The van der Waals surface area contributed by atoms with Gasteiger partial charge in [0.25, 0.3) is 5.91 Å². The van der Waals surface area contributed by atoms with Gasteiger partial charge in [0, 0.05) is 25.8 Å². The first-order valence-corrected chi connectivity index (χ1v) is 6.93. The average molecular weight is 316 g/mol. The summed E-state index contributed by atoms with van der Waals surface area (Å²) >= 11 is 12.0. The van der Waals surface area contributed by atoms with Crippen molar-refractivity contribution in [1.29, 1.82) is 0 Å². The molecule has 2 N–H and O–H groups in total. The smallest absolute Gasteiger partial charge is 0.255 e. The lowest BCUT2D eigenvalue weighted by Gasteiger charge is -2.20. The molecule has 1 saturated heterocycles. The van der Waals surface area contributed by atoms with Gasteiger partial charge in [-0.2, -0.15) is 0 Å². The van der Waals surface area contributed by atoms with E-state index in [1.54, 1.807) is 11.9 Å². The Morgan fingerprint density at radius 1 is 1.30 bits per heavy atom. The Bertz CT molecular complexity index is 563. The van der Waals surface area contributed by atoms with Crippen LogP contribution < -0.4 is 5.73 Å². The summed E-state index contributed by atoms with van der Waals surface area (Å²) in [5.41, 5.74) is 6.28. The van der Waals surface area contributed by atoms with Crippen LogP contribution in [0.25, 0.3) is 0 Å². The molecule has 2 rings (SSSR count). The lowest BCUT2D eigenvalue weighted by molar-refractivity contribution is -0.129. The summed E-state index contributed by atoms with van der Waals surface area (Å²) in [6.07, 6.45) is 0.724. The van der Waals surface area contributed by atoms with Crippen LogP contribution in [0.2, 0.25) is 10.0 Å². The molecule has 0 aliphatic carbocycles. The maximum absolute atomic E-state index is 12.5. The molecule has 1 fully saturated rings. The van der Waals surface area contributed by atoms with Gasteiger partial charge in [0.05, 0.1) is 15.6 Å². The summed E-state index contributed by atoms with van der Waals surface area (Å²) in [6.45, 7) is 1.17. The van der Waals surface area contributed by atoms with Crippen molar-refractivity contribution in [1.82, 2.24) is 9.80 Å². The third kappa shape index (κ3) is 2.99. The number of likely N-dealkylation sites (N-methyl/N-ethyl adjacent to an activating group) is 1. The van der Waals surface area contributed by atoms with E-state index in [-0.39, 0.29) is 34.0 Å². The zero-order valence-electron chi connectivity index (χ0n) is 11.0. The van der Waals surface area contributed by atoms with E-state index in [1.165, 1.54) is 17.0 Å². The standard InChI is InChI=1S/C13H15Cl2N3O2/c1-17-3-2-4-18(7-11(17)19)13(20)9-5-8(16)6-10(14)12(9)15/h5-6H,2-4,7,16H2,1H3. The molecule has 2 amide bonds. The number of nitrogens with two attached hydrogens (primary N) is 1. The first-order chi connectivity index (χ1) is 9.40. The predicted molar refractivity (Wildman–Crippen MR) is 79.0 cm³/mol. The number of halogens is 2. The molecule has 1 aliphatic rings. The first kappa shape index (κ1) is 14.9. The van der Waals surface area contributed by atoms with E-state index in [0.717, 1.165) is 6.42 Å². The van der Waals surface area contributed by atoms with Crippen LogP contribution in [0, 0.1) is 0 Å². The Balaban J connectivity index is 2.29. The molecule has 0 bridgehead atoms. The van der Waals surface area contributed by atoms with Crippen LogP contribution in [0.4, 0.5) is 5.69 Å². The molecule has 0 aromatic heterocycles. The number of hydrogen-bond donors (Lipinski definition) is 1. The fourth-order valence-corrected chi connectivity index (χ4v) is 2.51. The highest BCUT2D eigenvalue weighted by Gasteiger charge is 2.25. The van der Waals surface area contributed by atoms with Crippen molar-refractivity contribution in [2.75, 3.05) is 32.4 Å². The van der Waals surface area contributed by atoms with Crippen LogP contribution in [-0.4, -0.2) is 48.3 Å². The average Bonchev–Trinajstić information content (AvgIpc) is 2.56. The molecule has 0 radical (unpaired) electrons. The lowest BCUT2D eigenvalue weighted by atomic mass is 10.1. The number of nitrogen functional groups attached to an aromatic ring is 1. The molecule has 0 saturated carbocycles. The number of anilines is 1. The third-order valence-corrected chi connectivity index (χ3v) is 4.04. The van der Waals surface area contributed by atoms with Crippen molar-refractivity contribution in [3.8, 4) is 0 Å². The largest absolute Gasteiger partial charge is 0.399 e. The van der Waals surface area contributed by atoms with E-state index < -0.39 is 0 Å². The minimum atomic E-state index is -0.326. The Morgan fingerprint density at radius 2 is 2.00 bits per heavy atom. The summed E-state index contributed by atoms with van der Waals surface area (Å²) in [6, 6.07) is 2.97. The molecule has 108 valence electrons. The number of nitrogens with zero attached hydrogens (tertiary/aromatic N) is 2. The Hall–Kier alpha value is -1.46. The second-order valence-electron chi connectivity index (χ2n) is 4.76. The molecule has 1 aliphatic heterocycles. The van der Waals surface area contributed by atoms with E-state index in [2.05, 4.69) is 0 Å². The van der Waals surface area contributed by atoms with Gasteiger partial charge in [0.15, 0.2) is 0 Å². The minimum Gasteiger partial charge on any atom is -0.399 e. The lowest BCUT2D eigenvalue weighted by Crippen LogP contribution is -2.38. The quantitative estimate of drug-likeness (QED) is 0.805. The maximum Gasteiger partial charge on any atom is 0.255 e. The minimum absolute atomic E-state index is 0.0398. The number of rotatable bonds is 1. The van der Waals surface area contributed by atoms with Crippen molar-refractivity contribution in [2.24, 2.45) is 0 Å². The third-order valence-electron chi connectivity index (χ3n) is 3.24. The molecule has 1 aromatic carbocycles. The fourth-order valence-electron chi connectivity index (χ4n) is 2.10. The molecule has 0 spiro atoms. The molecule has 1 aromatic rings. The normalized spacial score (nSPS) is 16.2. The predicted octanol–water partition coefficient (Wildman–Crippen LogP) is 1.88. The molecule has 20 heavy (non-hydrogen) atoms. The number of carbonyl (C=O) groups excluding carboxylic acids is 2. The molecular weight excluding hydrogens is 301 g/mol. The van der Waals surface area contributed by atoms with E-state index in [1.807, 2.05) is 0 Å². The van der Waals surface area contributed by atoms with Gasteiger partial charge in [-0.25, -0.2) is 0 Å². The van der Waals surface area contributed by atoms with Gasteiger partial charge in [-0.15, -0.1) is 0 Å². The summed E-state index contributed by atoms with van der Waals surface area (Å²) in [5.74, 6) is -0.421. The van der Waals surface area contributed by atoms with Crippen LogP contribution >= 0.6 is 23.2 Å². The zero-order chi connectivity index (χ0) is 14.9. The van der Waals surface area contributed by atoms with Crippen molar-refractivity contribution in [3.05, 3.63) is 27.7 Å². The Labute approximate surface area is 127 Å². The van der Waals surface area contributed by atoms with Gasteiger partial charge < -0.3 is 15.5 Å². The molecule has 1 heterocycles. The zero-order valence-corrected chi connectivity index (χ0v) is 12.5.